The molecule has 1 spiro atoms. The Hall–Kier alpha value is -2.22. The molecule has 0 atom stereocenters. The van der Waals surface area contributed by atoms with E-state index in [2.05, 4.69) is 14.9 Å². The Morgan fingerprint density at radius 1 is 0.964 bits per heavy atom. The number of hydrogen-bond donors (Lipinski definition) is 0. The molecule has 0 unspecified atom stereocenters. The number of hydrogen-bond acceptors (Lipinski definition) is 6. The summed E-state index contributed by atoms with van der Waals surface area (Å²) in [6.45, 7) is 4.32. The molecule has 2 saturated heterocycles. The highest BCUT2D eigenvalue weighted by Gasteiger charge is 2.53. The number of anilines is 3. The van der Waals surface area contributed by atoms with E-state index in [1.54, 1.807) is 11.1 Å². The Morgan fingerprint density at radius 3 is 2.32 bits per heavy atom. The van der Waals surface area contributed by atoms with Crippen molar-refractivity contribution < 1.29 is 14.3 Å². The van der Waals surface area contributed by atoms with Crippen molar-refractivity contribution in [3.8, 4) is 0 Å². The first-order valence-electron chi connectivity index (χ1n) is 9.57. The lowest BCUT2D eigenvalue weighted by Gasteiger charge is -2.32. The molecule has 0 aliphatic carbocycles. The van der Waals surface area contributed by atoms with Crippen molar-refractivity contribution in [1.29, 1.82) is 0 Å². The molecule has 1 aromatic heterocycles. The number of halogens is 1. The van der Waals surface area contributed by atoms with Crippen LogP contribution >= 0.6 is 11.6 Å². The van der Waals surface area contributed by atoms with Gasteiger partial charge in [-0.05, 0) is 48.7 Å². The van der Waals surface area contributed by atoms with Gasteiger partial charge in [-0.25, -0.2) is 4.98 Å². The van der Waals surface area contributed by atoms with Gasteiger partial charge < -0.3 is 14.4 Å². The second-order valence-corrected chi connectivity index (χ2v) is 7.67. The summed E-state index contributed by atoms with van der Waals surface area (Å²) >= 11 is 6.07. The van der Waals surface area contributed by atoms with Crippen LogP contribution < -0.4 is 9.80 Å². The van der Waals surface area contributed by atoms with E-state index in [4.69, 9.17) is 21.1 Å². The Labute approximate surface area is 168 Å². The van der Waals surface area contributed by atoms with E-state index in [1.807, 2.05) is 24.3 Å². The van der Waals surface area contributed by atoms with Crippen LogP contribution in [0.5, 0.6) is 0 Å². The highest BCUT2D eigenvalue weighted by molar-refractivity contribution is 6.28. The third-order valence-electron chi connectivity index (χ3n) is 5.91. The summed E-state index contributed by atoms with van der Waals surface area (Å²) in [4.78, 5) is 26.1. The number of ether oxygens (including phenoxy) is 2. The van der Waals surface area contributed by atoms with Gasteiger partial charge in [0.05, 0.1) is 24.3 Å². The van der Waals surface area contributed by atoms with Crippen molar-refractivity contribution in [2.75, 3.05) is 49.3 Å². The minimum atomic E-state index is -0.624. The molecular formula is C20H21ClN4O3. The van der Waals surface area contributed by atoms with Crippen LogP contribution in [0, 0.1) is 0 Å². The van der Waals surface area contributed by atoms with Gasteiger partial charge in [0, 0.05) is 43.8 Å². The van der Waals surface area contributed by atoms with Crippen LogP contribution in [0.3, 0.4) is 0 Å². The number of carbonyl (C=O) groups excluding carboxylic acids is 1. The average Bonchev–Trinajstić information content (AvgIpc) is 2.97. The number of rotatable bonds is 2. The minimum Gasteiger partial charge on any atom is -0.381 e. The molecular weight excluding hydrogens is 380 g/mol. The maximum atomic E-state index is 13.6. The average molecular weight is 401 g/mol. The van der Waals surface area contributed by atoms with E-state index in [0.29, 0.717) is 31.9 Å². The van der Waals surface area contributed by atoms with Crippen LogP contribution in [-0.2, 0) is 19.7 Å². The van der Waals surface area contributed by atoms with E-state index in [-0.39, 0.29) is 11.2 Å². The highest BCUT2D eigenvalue weighted by atomic mass is 35.5. The number of nitrogens with zero attached hydrogens (tertiary/aromatic N) is 4. The van der Waals surface area contributed by atoms with E-state index in [9.17, 15) is 4.79 Å². The summed E-state index contributed by atoms with van der Waals surface area (Å²) in [5.74, 6) is 0.618. The molecule has 8 heteroatoms. The maximum absolute atomic E-state index is 13.6. The number of amides is 1. The zero-order valence-corrected chi connectivity index (χ0v) is 16.2. The lowest BCUT2D eigenvalue weighted by molar-refractivity contribution is -0.125. The van der Waals surface area contributed by atoms with E-state index in [0.717, 1.165) is 43.2 Å². The molecule has 5 rings (SSSR count). The number of fused-ring (bicyclic) bond motifs is 2. The standard InChI is InChI=1S/C20H21ClN4O3/c21-19-22-13-16-17(23-19)25(18(26)20(16)5-9-27-10-6-20)15-3-1-14(2-4-15)24-7-11-28-12-8-24/h1-4,13H,5-12H2. The Morgan fingerprint density at radius 2 is 1.61 bits per heavy atom. The smallest absolute Gasteiger partial charge is 0.243 e. The first kappa shape index (κ1) is 17.8. The quantitative estimate of drug-likeness (QED) is 0.722. The van der Waals surface area contributed by atoms with Crippen molar-refractivity contribution in [2.24, 2.45) is 0 Å². The zero-order chi connectivity index (χ0) is 19.1. The molecule has 1 aromatic carbocycles. The first-order chi connectivity index (χ1) is 13.7. The van der Waals surface area contributed by atoms with Crippen LogP contribution in [-0.4, -0.2) is 55.4 Å². The Kier molecular flexibility index (Phi) is 4.45. The second kappa shape index (κ2) is 6.99. The summed E-state index contributed by atoms with van der Waals surface area (Å²) in [5.41, 5.74) is 2.14. The van der Waals surface area contributed by atoms with Crippen molar-refractivity contribution in [1.82, 2.24) is 9.97 Å². The lowest BCUT2D eigenvalue weighted by Crippen LogP contribution is -2.42. The summed E-state index contributed by atoms with van der Waals surface area (Å²) in [6.07, 6.45) is 2.97. The fourth-order valence-corrected chi connectivity index (χ4v) is 4.49. The molecule has 2 fully saturated rings. The molecule has 4 heterocycles. The zero-order valence-electron chi connectivity index (χ0n) is 15.4. The fourth-order valence-electron chi connectivity index (χ4n) is 4.36. The maximum Gasteiger partial charge on any atom is 0.243 e. The third kappa shape index (κ3) is 2.77. The van der Waals surface area contributed by atoms with Gasteiger partial charge in [0.2, 0.25) is 11.2 Å². The first-order valence-corrected chi connectivity index (χ1v) is 9.95. The van der Waals surface area contributed by atoms with Crippen molar-refractivity contribution >= 4 is 34.7 Å². The van der Waals surface area contributed by atoms with Crippen molar-refractivity contribution in [3.63, 3.8) is 0 Å². The van der Waals surface area contributed by atoms with Crippen LogP contribution in [0.1, 0.15) is 18.4 Å². The molecule has 0 saturated carbocycles. The largest absolute Gasteiger partial charge is 0.381 e. The highest BCUT2D eigenvalue weighted by Crippen LogP contribution is 2.49. The Balaban J connectivity index is 1.53. The normalized spacial score (nSPS) is 21.2. The second-order valence-electron chi connectivity index (χ2n) is 7.33. The van der Waals surface area contributed by atoms with Gasteiger partial charge in [-0.15, -0.1) is 0 Å². The predicted octanol–water partition coefficient (Wildman–Crippen LogP) is 2.69. The van der Waals surface area contributed by atoms with Gasteiger partial charge in [-0.1, -0.05) is 0 Å². The van der Waals surface area contributed by atoms with Gasteiger partial charge in [0.1, 0.15) is 5.82 Å². The molecule has 28 heavy (non-hydrogen) atoms. The molecule has 1 amide bonds. The van der Waals surface area contributed by atoms with Crippen LogP contribution in [0.15, 0.2) is 30.5 Å². The van der Waals surface area contributed by atoms with Gasteiger partial charge in [-0.3, -0.25) is 9.69 Å². The van der Waals surface area contributed by atoms with Gasteiger partial charge >= 0.3 is 0 Å². The molecule has 0 bridgehead atoms. The van der Waals surface area contributed by atoms with Crippen molar-refractivity contribution in [3.05, 3.63) is 41.3 Å². The summed E-state index contributed by atoms with van der Waals surface area (Å²) in [5, 5.41) is 0.144. The fraction of sp³-hybridized carbons (Fsp3) is 0.450. The molecule has 0 radical (unpaired) electrons. The van der Waals surface area contributed by atoms with Crippen LogP contribution in [0.4, 0.5) is 17.2 Å². The number of aromatic nitrogens is 2. The van der Waals surface area contributed by atoms with Crippen LogP contribution in [0.2, 0.25) is 5.28 Å². The predicted molar refractivity (Wildman–Crippen MR) is 105 cm³/mol. The minimum absolute atomic E-state index is 0.0292. The Bertz CT molecular complexity index is 893. The molecule has 0 N–H and O–H groups in total. The van der Waals surface area contributed by atoms with E-state index < -0.39 is 5.41 Å². The lowest BCUT2D eigenvalue weighted by atomic mass is 9.76. The molecule has 3 aliphatic heterocycles. The summed E-state index contributed by atoms with van der Waals surface area (Å²) in [6, 6.07) is 8.04. The number of benzene rings is 1. The van der Waals surface area contributed by atoms with Gasteiger partial charge in [0.15, 0.2) is 0 Å². The molecule has 146 valence electrons. The number of morpholine rings is 1. The van der Waals surface area contributed by atoms with E-state index >= 15 is 0 Å². The molecule has 7 nitrogen and oxygen atoms in total. The molecule has 3 aliphatic rings. The monoisotopic (exact) mass is 400 g/mol. The van der Waals surface area contributed by atoms with Gasteiger partial charge in [-0.2, -0.15) is 4.98 Å². The van der Waals surface area contributed by atoms with Gasteiger partial charge in [0.25, 0.3) is 0 Å². The topological polar surface area (TPSA) is 67.8 Å². The van der Waals surface area contributed by atoms with Crippen molar-refractivity contribution in [2.45, 2.75) is 18.3 Å². The summed E-state index contributed by atoms with van der Waals surface area (Å²) in [7, 11) is 0. The molecule has 2 aromatic rings. The summed E-state index contributed by atoms with van der Waals surface area (Å²) < 4.78 is 10.9. The van der Waals surface area contributed by atoms with Crippen LogP contribution in [0.25, 0.3) is 0 Å². The van der Waals surface area contributed by atoms with E-state index in [1.165, 1.54) is 0 Å². The third-order valence-corrected chi connectivity index (χ3v) is 6.09. The number of carbonyl (C=O) groups is 1. The SMILES string of the molecule is O=C1N(c2ccc(N3CCOCC3)cc2)c2nc(Cl)ncc2C12CCOCC2.